The van der Waals surface area contributed by atoms with Crippen LogP contribution in [0.1, 0.15) is 47.8 Å². The van der Waals surface area contributed by atoms with E-state index in [1.165, 1.54) is 6.08 Å². The number of rotatable bonds is 5. The van der Waals surface area contributed by atoms with E-state index in [0.29, 0.717) is 41.2 Å². The molecule has 0 radical (unpaired) electrons. The van der Waals surface area contributed by atoms with Crippen molar-refractivity contribution in [3.63, 3.8) is 0 Å². The number of ether oxygens (including phenoxy) is 1. The Kier molecular flexibility index (Phi) is 6.76. The van der Waals surface area contributed by atoms with E-state index < -0.39 is 11.1 Å². The second-order valence-electron chi connectivity index (χ2n) is 12.2. The van der Waals surface area contributed by atoms with Crippen LogP contribution in [0.2, 0.25) is 0 Å². The van der Waals surface area contributed by atoms with Crippen LogP contribution in [0.4, 0.5) is 4.79 Å². The van der Waals surface area contributed by atoms with E-state index in [0.717, 1.165) is 0 Å². The highest BCUT2D eigenvalue weighted by Gasteiger charge is 2.67. The normalized spacial score (nSPS) is 23.2. The fraction of sp³-hybridized carbons (Fsp3) is 0.333. The average Bonchev–Trinajstić information content (AvgIpc) is 3.36. The molecule has 1 aromatic carbocycles. The Morgan fingerprint density at radius 1 is 0.953 bits per heavy atom. The molecule has 1 aliphatic carbocycles. The Hall–Kier alpha value is -5.04. The molecule has 0 spiro atoms. The minimum atomic E-state index is -1.27. The van der Waals surface area contributed by atoms with Crippen molar-refractivity contribution in [2.75, 3.05) is 20.1 Å². The highest BCUT2D eigenvalue weighted by molar-refractivity contribution is 6.06. The number of nitrogens with zero attached hydrogens (tertiary/aromatic N) is 6. The molecule has 2 aromatic heterocycles. The molecule has 2 aliphatic heterocycles. The van der Waals surface area contributed by atoms with E-state index in [1.54, 1.807) is 58.9 Å². The summed E-state index contributed by atoms with van der Waals surface area (Å²) in [6.45, 7) is 6.44. The third kappa shape index (κ3) is 4.71. The summed E-state index contributed by atoms with van der Waals surface area (Å²) in [6, 6.07) is 15.6. The van der Waals surface area contributed by atoms with Gasteiger partial charge in [-0.2, -0.15) is 5.26 Å². The minimum Gasteiger partial charge on any atom is -0.444 e. The maximum absolute atomic E-state index is 14.9. The van der Waals surface area contributed by atoms with E-state index in [-0.39, 0.29) is 35.7 Å². The first-order valence-electron chi connectivity index (χ1n) is 14.2. The van der Waals surface area contributed by atoms with Crippen molar-refractivity contribution in [1.29, 1.82) is 5.26 Å². The van der Waals surface area contributed by atoms with Gasteiger partial charge in [0.05, 0.1) is 11.6 Å². The molecular weight excluding hydrogens is 544 g/mol. The quantitative estimate of drug-likeness (QED) is 0.331. The smallest absolute Gasteiger partial charge is 0.410 e. The van der Waals surface area contributed by atoms with Crippen LogP contribution in [0.3, 0.4) is 0 Å². The average molecular weight is 577 g/mol. The molecule has 2 saturated heterocycles. The van der Waals surface area contributed by atoms with E-state index in [9.17, 15) is 19.6 Å². The number of ketones is 1. The molecule has 0 N–H and O–H groups in total. The Bertz CT molecular complexity index is 1590. The van der Waals surface area contributed by atoms with Gasteiger partial charge in [0.25, 0.3) is 5.91 Å². The molecule has 0 bridgehead atoms. The summed E-state index contributed by atoms with van der Waals surface area (Å²) >= 11 is 0. The maximum Gasteiger partial charge on any atom is 0.410 e. The van der Waals surface area contributed by atoms with Gasteiger partial charge >= 0.3 is 6.09 Å². The first kappa shape index (κ1) is 28.1. The molecule has 3 atom stereocenters. The fourth-order valence-electron chi connectivity index (χ4n) is 6.46. The topological polar surface area (TPSA) is 120 Å². The first-order valence-corrected chi connectivity index (χ1v) is 14.2. The molecule has 6 rings (SSSR count). The van der Waals surface area contributed by atoms with Crippen LogP contribution >= 0.6 is 0 Å². The lowest BCUT2D eigenvalue weighted by Crippen LogP contribution is -2.46. The maximum atomic E-state index is 14.9. The van der Waals surface area contributed by atoms with Gasteiger partial charge in [-0.25, -0.2) is 4.79 Å². The van der Waals surface area contributed by atoms with Crippen LogP contribution in [0.25, 0.3) is 0 Å². The Balaban J connectivity index is 1.42. The van der Waals surface area contributed by atoms with Crippen LogP contribution in [-0.2, 0) is 15.1 Å². The molecule has 218 valence electrons. The lowest BCUT2D eigenvalue weighted by molar-refractivity contribution is -0.132. The molecule has 3 aromatic rings. The predicted molar refractivity (Wildman–Crippen MR) is 156 cm³/mol. The zero-order chi connectivity index (χ0) is 30.5. The number of aromatic nitrogens is 2. The van der Waals surface area contributed by atoms with Crippen molar-refractivity contribution in [2.24, 2.45) is 11.8 Å². The highest BCUT2D eigenvalue weighted by Crippen LogP contribution is 2.56. The molecule has 3 fully saturated rings. The molecule has 1 saturated carbocycles. The number of piperidine rings is 1. The second-order valence-corrected chi connectivity index (χ2v) is 12.2. The predicted octanol–water partition coefficient (Wildman–Crippen LogP) is 3.96. The van der Waals surface area contributed by atoms with Crippen LogP contribution in [0.5, 0.6) is 0 Å². The van der Waals surface area contributed by atoms with E-state index >= 15 is 0 Å². The summed E-state index contributed by atoms with van der Waals surface area (Å²) in [5.74, 6) is 0.0872. The molecule has 0 unspecified atom stereocenters. The molecule has 10 nitrogen and oxygen atoms in total. The largest absolute Gasteiger partial charge is 0.444 e. The lowest BCUT2D eigenvalue weighted by Gasteiger charge is -2.35. The van der Waals surface area contributed by atoms with Crippen LogP contribution in [0, 0.1) is 23.2 Å². The number of nitriles is 1. The van der Waals surface area contributed by atoms with Gasteiger partial charge in [0.2, 0.25) is 0 Å². The first-order chi connectivity index (χ1) is 20.6. The third-order valence-electron chi connectivity index (χ3n) is 8.48. The van der Waals surface area contributed by atoms with Crippen molar-refractivity contribution in [2.45, 2.75) is 38.0 Å². The van der Waals surface area contributed by atoms with Gasteiger partial charge in [-0.15, -0.1) is 0 Å². The van der Waals surface area contributed by atoms with Crippen LogP contribution in [-0.4, -0.2) is 74.2 Å². The van der Waals surface area contributed by atoms with Crippen molar-refractivity contribution < 1.29 is 19.1 Å². The summed E-state index contributed by atoms with van der Waals surface area (Å²) in [6.07, 6.45) is 7.74. The number of likely N-dealkylation sites (N-methyl/N-ethyl adjacent to an activating group) is 1. The van der Waals surface area contributed by atoms with Crippen molar-refractivity contribution in [3.05, 3.63) is 107 Å². The van der Waals surface area contributed by atoms with Crippen molar-refractivity contribution in [1.82, 2.24) is 24.7 Å². The monoisotopic (exact) mass is 576 g/mol. The molecule has 2 amide bonds. The Morgan fingerprint density at radius 2 is 1.49 bits per heavy atom. The van der Waals surface area contributed by atoms with E-state index in [2.05, 4.69) is 16.0 Å². The summed E-state index contributed by atoms with van der Waals surface area (Å²) in [7, 11) is 1.82. The summed E-state index contributed by atoms with van der Waals surface area (Å²) < 4.78 is 5.59. The van der Waals surface area contributed by atoms with Gasteiger partial charge < -0.3 is 14.5 Å². The highest BCUT2D eigenvalue weighted by atomic mass is 16.6. The van der Waals surface area contributed by atoms with Crippen molar-refractivity contribution in [3.8, 4) is 6.07 Å². The fourth-order valence-corrected chi connectivity index (χ4v) is 6.46. The number of hydrogen-bond acceptors (Lipinski definition) is 8. The molecule has 3 aliphatic rings. The van der Waals surface area contributed by atoms with Gasteiger partial charge in [0.1, 0.15) is 11.4 Å². The number of fused-ring (bicyclic) bond motifs is 1. The van der Waals surface area contributed by atoms with Gasteiger partial charge in [0.15, 0.2) is 11.3 Å². The standard InChI is InChI=1S/C33H32N6O4/c1-32(2,3)43-31(42)38-19-25-26(20-38)29(25)39-28(17-27(40)22-7-5-21(18-34)6-8-22)37(4)33(30(39)41,23-9-13-35-14-10-23)24-11-15-36-16-12-24/h5-17,25-26,29H,19-20H2,1-4H3/t25-,26+,29+. The van der Waals surface area contributed by atoms with E-state index in [4.69, 9.17) is 4.74 Å². The zero-order valence-electron chi connectivity index (χ0n) is 24.5. The second kappa shape index (κ2) is 10.3. The number of benzene rings is 1. The molecule has 43 heavy (non-hydrogen) atoms. The van der Waals surface area contributed by atoms with Gasteiger partial charge in [-0.05, 0) is 80.4 Å². The number of hydrogen-bond donors (Lipinski definition) is 0. The number of allylic oxidation sites excluding steroid dienone is 1. The lowest BCUT2D eigenvalue weighted by atomic mass is 9.82. The molecular formula is C33H32N6O4. The Morgan fingerprint density at radius 3 is 1.98 bits per heavy atom. The number of pyridine rings is 2. The number of carbonyl (C=O) groups is 3. The van der Waals surface area contributed by atoms with Crippen molar-refractivity contribution >= 4 is 17.8 Å². The Labute approximate surface area is 250 Å². The van der Waals surface area contributed by atoms with Gasteiger partial charge in [-0.1, -0.05) is 0 Å². The minimum absolute atomic E-state index is 0.0453. The zero-order valence-corrected chi connectivity index (χ0v) is 24.5. The summed E-state index contributed by atoms with van der Waals surface area (Å²) in [5.41, 5.74) is 0.402. The number of carbonyl (C=O) groups excluding carboxylic acids is 3. The van der Waals surface area contributed by atoms with Gasteiger partial charge in [0, 0.05) is 74.4 Å². The number of amides is 2. The molecule has 4 heterocycles. The summed E-state index contributed by atoms with van der Waals surface area (Å²) in [5, 5.41) is 9.19. The third-order valence-corrected chi connectivity index (χ3v) is 8.48. The van der Waals surface area contributed by atoms with E-state index in [1.807, 2.05) is 57.0 Å². The number of likely N-dealkylation sites (tertiary alicyclic amines) is 1. The van der Waals surface area contributed by atoms with Crippen LogP contribution < -0.4 is 0 Å². The summed E-state index contributed by atoms with van der Waals surface area (Å²) in [4.78, 5) is 55.0. The van der Waals surface area contributed by atoms with Crippen LogP contribution in [0.15, 0.2) is 85.2 Å². The SMILES string of the molecule is CN1C(=CC(=O)c2ccc(C#N)cc2)N([C@H]2[C@@H]3CN(C(=O)OC(C)(C)C)C[C@@H]32)C(=O)C1(c1ccncc1)c1ccncc1. The molecule has 10 heteroatoms. The van der Waals surface area contributed by atoms with Gasteiger partial charge in [-0.3, -0.25) is 24.5 Å².